The van der Waals surface area contributed by atoms with Gasteiger partial charge in [-0.15, -0.1) is 0 Å². The molecule has 0 aliphatic carbocycles. The molecule has 0 saturated carbocycles. The van der Waals surface area contributed by atoms with Crippen molar-refractivity contribution in [3.05, 3.63) is 0 Å². The summed E-state index contributed by atoms with van der Waals surface area (Å²) in [4.78, 5) is 10.6. The van der Waals surface area contributed by atoms with Crippen molar-refractivity contribution in [3.8, 4) is 0 Å². The molecular formula is C4H7N3O2. The van der Waals surface area contributed by atoms with Crippen molar-refractivity contribution in [1.29, 1.82) is 0 Å². The van der Waals surface area contributed by atoms with Crippen molar-refractivity contribution in [1.82, 2.24) is 10.7 Å². The van der Waals surface area contributed by atoms with Crippen LogP contribution >= 0.6 is 0 Å². The van der Waals surface area contributed by atoms with Crippen LogP contribution in [0.2, 0.25) is 0 Å². The van der Waals surface area contributed by atoms with Crippen molar-refractivity contribution in [2.24, 2.45) is 5.10 Å². The first-order valence-electron chi connectivity index (χ1n) is 2.47. The average Bonchev–Trinajstić information content (AvgIpc) is 2.37. The Morgan fingerprint density at radius 2 is 2.67 bits per heavy atom. The molecule has 0 saturated heterocycles. The number of nitrogens with zero attached hydrogens (tertiary/aromatic N) is 1. The number of ether oxygens (including phenoxy) is 1. The van der Waals surface area contributed by atoms with E-state index in [1.807, 2.05) is 0 Å². The number of esters is 1. The van der Waals surface area contributed by atoms with E-state index in [9.17, 15) is 4.79 Å². The van der Waals surface area contributed by atoms with Gasteiger partial charge in [0.2, 0.25) is 5.84 Å². The Bertz CT molecular complexity index is 154. The summed E-state index contributed by atoms with van der Waals surface area (Å²) in [6.45, 7) is 0.491. The third-order valence-corrected chi connectivity index (χ3v) is 0.904. The van der Waals surface area contributed by atoms with E-state index in [4.69, 9.17) is 0 Å². The Morgan fingerprint density at radius 1 is 1.89 bits per heavy atom. The van der Waals surface area contributed by atoms with Crippen LogP contribution in [0.15, 0.2) is 5.10 Å². The van der Waals surface area contributed by atoms with Crippen LogP contribution in [0.1, 0.15) is 0 Å². The van der Waals surface area contributed by atoms with E-state index in [2.05, 4.69) is 20.6 Å². The summed E-state index contributed by atoms with van der Waals surface area (Å²) in [5.41, 5.74) is 2.56. The van der Waals surface area contributed by atoms with Crippen molar-refractivity contribution in [3.63, 3.8) is 0 Å². The molecule has 1 heterocycles. The highest BCUT2D eigenvalue weighted by Crippen LogP contribution is 1.81. The van der Waals surface area contributed by atoms with E-state index in [0.717, 1.165) is 0 Å². The lowest BCUT2D eigenvalue weighted by molar-refractivity contribution is -0.132. The smallest absolute Gasteiger partial charge is 0.375 e. The Labute approximate surface area is 52.1 Å². The van der Waals surface area contributed by atoms with Gasteiger partial charge in [0.25, 0.3) is 0 Å². The first-order valence-corrected chi connectivity index (χ1v) is 2.47. The fourth-order valence-corrected chi connectivity index (χ4v) is 0.496. The van der Waals surface area contributed by atoms with Crippen molar-refractivity contribution in [2.75, 3.05) is 13.8 Å². The van der Waals surface area contributed by atoms with Crippen molar-refractivity contribution in [2.45, 2.75) is 0 Å². The summed E-state index contributed by atoms with van der Waals surface area (Å²) in [6, 6.07) is 0. The molecule has 5 heteroatoms. The highest BCUT2D eigenvalue weighted by Gasteiger charge is 2.13. The maximum atomic E-state index is 10.6. The SMILES string of the molecule is COC(=O)C1=NNCN1. The molecule has 0 spiro atoms. The van der Waals surface area contributed by atoms with E-state index >= 15 is 0 Å². The van der Waals surface area contributed by atoms with E-state index in [1.54, 1.807) is 0 Å². The van der Waals surface area contributed by atoms with Gasteiger partial charge in [0.1, 0.15) is 6.67 Å². The summed E-state index contributed by atoms with van der Waals surface area (Å²) >= 11 is 0. The van der Waals surface area contributed by atoms with Crippen LogP contribution in [-0.2, 0) is 9.53 Å². The number of methoxy groups -OCH3 is 1. The maximum absolute atomic E-state index is 10.6. The minimum absolute atomic E-state index is 0.234. The lowest BCUT2D eigenvalue weighted by Gasteiger charge is -1.94. The lowest BCUT2D eigenvalue weighted by Crippen LogP contribution is -2.28. The van der Waals surface area contributed by atoms with Crippen molar-refractivity contribution >= 4 is 11.8 Å². The predicted octanol–water partition coefficient (Wildman–Crippen LogP) is -1.38. The number of carbonyl (C=O) groups is 1. The molecule has 0 bridgehead atoms. The third kappa shape index (κ3) is 1.10. The number of rotatable bonds is 1. The van der Waals surface area contributed by atoms with Crippen LogP contribution in [0.25, 0.3) is 0 Å². The largest absolute Gasteiger partial charge is 0.463 e. The van der Waals surface area contributed by atoms with E-state index in [-0.39, 0.29) is 5.84 Å². The molecule has 2 N–H and O–H groups in total. The number of amidine groups is 1. The Kier molecular flexibility index (Phi) is 1.53. The van der Waals surface area contributed by atoms with Gasteiger partial charge in [-0.1, -0.05) is 0 Å². The summed E-state index contributed by atoms with van der Waals surface area (Å²) in [5, 5.41) is 6.26. The molecule has 0 aromatic rings. The first kappa shape index (κ1) is 5.87. The molecule has 0 aromatic carbocycles. The number of hydrazone groups is 1. The molecule has 0 atom stereocenters. The molecule has 1 aliphatic heterocycles. The summed E-state index contributed by atoms with van der Waals surface area (Å²) < 4.78 is 4.36. The van der Waals surface area contributed by atoms with E-state index in [1.165, 1.54) is 7.11 Å². The van der Waals surface area contributed by atoms with Crippen LogP contribution in [0.4, 0.5) is 0 Å². The number of hydrogen-bond acceptors (Lipinski definition) is 5. The number of carbonyl (C=O) groups excluding carboxylic acids is 1. The standard InChI is InChI=1S/C4H7N3O2/c1-9-4(8)3-5-2-6-7-3/h6H,2H2,1H3,(H,5,7). The van der Waals surface area contributed by atoms with Gasteiger partial charge in [-0.25, -0.2) is 4.79 Å². The van der Waals surface area contributed by atoms with Crippen LogP contribution in [0.5, 0.6) is 0 Å². The fraction of sp³-hybridized carbons (Fsp3) is 0.500. The van der Waals surface area contributed by atoms with E-state index < -0.39 is 5.97 Å². The highest BCUT2D eigenvalue weighted by molar-refractivity contribution is 6.35. The Morgan fingerprint density at radius 3 is 3.11 bits per heavy atom. The molecule has 0 aromatic heterocycles. The fourth-order valence-electron chi connectivity index (χ4n) is 0.496. The lowest BCUT2D eigenvalue weighted by atomic mass is 10.6. The summed E-state index contributed by atoms with van der Waals surface area (Å²) in [7, 11) is 1.31. The van der Waals surface area contributed by atoms with Gasteiger partial charge in [0, 0.05) is 0 Å². The molecular weight excluding hydrogens is 122 g/mol. The first-order chi connectivity index (χ1) is 4.34. The van der Waals surface area contributed by atoms with E-state index in [0.29, 0.717) is 6.67 Å². The molecule has 1 rings (SSSR count). The van der Waals surface area contributed by atoms with Crippen LogP contribution in [-0.4, -0.2) is 25.6 Å². The second kappa shape index (κ2) is 2.34. The van der Waals surface area contributed by atoms with Crippen molar-refractivity contribution < 1.29 is 9.53 Å². The summed E-state index contributed by atoms with van der Waals surface area (Å²) in [6.07, 6.45) is 0. The minimum Gasteiger partial charge on any atom is -0.463 e. The molecule has 5 nitrogen and oxygen atoms in total. The van der Waals surface area contributed by atoms with Crippen LogP contribution in [0, 0.1) is 0 Å². The molecule has 0 amide bonds. The van der Waals surface area contributed by atoms with Gasteiger partial charge in [-0.2, -0.15) is 5.10 Å². The van der Waals surface area contributed by atoms with Crippen LogP contribution < -0.4 is 10.7 Å². The van der Waals surface area contributed by atoms with Gasteiger partial charge < -0.3 is 10.1 Å². The van der Waals surface area contributed by atoms with Gasteiger partial charge in [0.15, 0.2) is 0 Å². The monoisotopic (exact) mass is 129 g/mol. The quantitative estimate of drug-likeness (QED) is 0.428. The Hall–Kier alpha value is -1.26. The second-order valence-corrected chi connectivity index (χ2v) is 1.46. The third-order valence-electron chi connectivity index (χ3n) is 0.904. The highest BCUT2D eigenvalue weighted by atomic mass is 16.5. The molecule has 0 fully saturated rings. The zero-order valence-electron chi connectivity index (χ0n) is 4.97. The second-order valence-electron chi connectivity index (χ2n) is 1.46. The van der Waals surface area contributed by atoms with Gasteiger partial charge in [-0.05, 0) is 0 Å². The minimum atomic E-state index is -0.444. The summed E-state index contributed by atoms with van der Waals surface area (Å²) in [5.74, 6) is -0.211. The molecule has 1 aliphatic rings. The number of hydrogen-bond donors (Lipinski definition) is 2. The topological polar surface area (TPSA) is 62.7 Å². The normalized spacial score (nSPS) is 15.4. The van der Waals surface area contributed by atoms with Gasteiger partial charge in [-0.3, -0.25) is 5.43 Å². The molecule has 50 valence electrons. The van der Waals surface area contributed by atoms with Gasteiger partial charge >= 0.3 is 5.97 Å². The molecule has 0 radical (unpaired) electrons. The predicted molar refractivity (Wildman–Crippen MR) is 30.6 cm³/mol. The van der Waals surface area contributed by atoms with Crippen LogP contribution in [0.3, 0.4) is 0 Å². The molecule has 0 unspecified atom stereocenters. The van der Waals surface area contributed by atoms with Gasteiger partial charge in [0.05, 0.1) is 7.11 Å². The maximum Gasteiger partial charge on any atom is 0.375 e. The Balaban J connectivity index is 2.51. The zero-order chi connectivity index (χ0) is 6.69. The average molecular weight is 129 g/mol. The zero-order valence-corrected chi connectivity index (χ0v) is 4.97. The molecule has 9 heavy (non-hydrogen) atoms. The number of nitrogens with one attached hydrogen (secondary N) is 2.